The van der Waals surface area contributed by atoms with Crippen LogP contribution in [0.1, 0.15) is 41.8 Å². The summed E-state index contributed by atoms with van der Waals surface area (Å²) < 4.78 is 111. The number of aliphatic carboxylic acids is 1. The van der Waals surface area contributed by atoms with Gasteiger partial charge in [-0.2, -0.15) is 17.7 Å². The third-order valence-corrected chi connectivity index (χ3v) is 6.70. The molecule has 0 bridgehead atoms. The number of alkyl halides is 3. The topological polar surface area (TPSA) is 132 Å². The van der Waals surface area contributed by atoms with Crippen molar-refractivity contribution in [1.29, 1.82) is 5.41 Å². The Morgan fingerprint density at radius 2 is 1.63 bits per heavy atom. The minimum absolute atomic E-state index is 0.0815. The predicted molar refractivity (Wildman–Crippen MR) is 129 cm³/mol. The second-order valence-corrected chi connectivity index (χ2v) is 11.1. The monoisotopic (exact) mass is 623 g/mol. The molecule has 3 aromatic rings. The molecule has 2 aromatic heterocycles. The molecular weight excluding hydrogens is 598 g/mol. The molecule has 0 amide bonds. The van der Waals surface area contributed by atoms with Crippen LogP contribution < -0.4 is 15.1 Å². The van der Waals surface area contributed by atoms with Gasteiger partial charge in [0.05, 0.1) is 13.2 Å². The van der Waals surface area contributed by atoms with E-state index in [1.807, 2.05) is 13.8 Å². The van der Waals surface area contributed by atoms with Gasteiger partial charge in [0.15, 0.2) is 11.4 Å². The van der Waals surface area contributed by atoms with Crippen molar-refractivity contribution in [2.45, 2.75) is 57.8 Å². The van der Waals surface area contributed by atoms with Crippen LogP contribution >= 0.6 is 10.2 Å². The van der Waals surface area contributed by atoms with Crippen LogP contribution in [0.5, 0.6) is 11.6 Å². The zero-order valence-corrected chi connectivity index (χ0v) is 22.8. The summed E-state index contributed by atoms with van der Waals surface area (Å²) in [6, 6.07) is 1.14. The van der Waals surface area contributed by atoms with Gasteiger partial charge in [0.1, 0.15) is 17.2 Å². The molecule has 19 heteroatoms. The van der Waals surface area contributed by atoms with Gasteiger partial charge in [0, 0.05) is 22.8 Å². The Morgan fingerprint density at radius 1 is 1.07 bits per heavy atom. The summed E-state index contributed by atoms with van der Waals surface area (Å²) in [6.45, 7) is 6.57. The summed E-state index contributed by atoms with van der Waals surface area (Å²) in [7, 11) is -9.07. The van der Waals surface area contributed by atoms with E-state index >= 15 is 0 Å². The summed E-state index contributed by atoms with van der Waals surface area (Å²) in [6.07, 6.45) is -4.52. The number of ketones is 1. The molecule has 1 atom stereocenters. The van der Waals surface area contributed by atoms with Crippen LogP contribution in [0, 0.1) is 19.3 Å². The summed E-state index contributed by atoms with van der Waals surface area (Å²) in [5.41, 5.74) is 0.525. The van der Waals surface area contributed by atoms with E-state index in [9.17, 15) is 37.4 Å². The lowest BCUT2D eigenvalue weighted by atomic mass is 10.1. The van der Waals surface area contributed by atoms with Gasteiger partial charge in [-0.05, 0) is 39.3 Å². The molecule has 0 aliphatic carbocycles. The highest BCUT2D eigenvalue weighted by Gasteiger charge is 2.65. The largest absolute Gasteiger partial charge is 0.497 e. The molecule has 0 aliphatic heterocycles. The van der Waals surface area contributed by atoms with E-state index in [-0.39, 0.29) is 35.4 Å². The van der Waals surface area contributed by atoms with Crippen molar-refractivity contribution in [3.05, 3.63) is 40.5 Å². The number of Topliss-reactive ketones (excluding diaryl/α,β-unsaturated/α-hetero) is 1. The standard InChI is InChI=1S/C20H24F5N5O3S.C2HF3O2/c1-6-11(2)33-19-13(4)12(3)18-27-29(20(26)30(18)28-19)10-17(31)14-7-15(32-5)9-16(8-14)34(21,22,23,24)25;3-2(4,5)1(6)7/h7-9,11,26H,6,10H2,1-5H3;(H,6,7)/t11-;/m1./s1. The van der Waals surface area contributed by atoms with Crippen LogP contribution in [0.3, 0.4) is 0 Å². The average Bonchev–Trinajstić information content (AvgIpc) is 3.15. The number of fused-ring (bicyclic) bond motifs is 1. The van der Waals surface area contributed by atoms with E-state index in [2.05, 4.69) is 14.9 Å². The quantitative estimate of drug-likeness (QED) is 0.233. The SMILES string of the molecule is CC[C@@H](C)Oc1nn2c(=N)n(CC(=O)c3cc(OC)cc(S(F)(F)(F)(F)F)c3)nc2c(C)c1C.O=C(O)C(F)(F)F. The van der Waals surface area contributed by atoms with Gasteiger partial charge in [0.2, 0.25) is 11.5 Å². The van der Waals surface area contributed by atoms with Gasteiger partial charge in [0.25, 0.3) is 0 Å². The number of aryl methyl sites for hydroxylation is 1. The minimum atomic E-state index is -10.1. The molecule has 0 saturated heterocycles. The molecular formula is C22H25F8N5O5S. The highest BCUT2D eigenvalue weighted by atomic mass is 32.5. The highest BCUT2D eigenvalue weighted by molar-refractivity contribution is 8.45. The summed E-state index contributed by atoms with van der Waals surface area (Å²) in [5.74, 6) is -4.01. The first-order chi connectivity index (χ1) is 18.4. The molecule has 10 nitrogen and oxygen atoms in total. The Labute approximate surface area is 226 Å². The number of rotatable bonds is 8. The minimum Gasteiger partial charge on any atom is -0.497 e. The maximum atomic E-state index is 13.3. The zero-order chi connectivity index (χ0) is 31.8. The fraction of sp³-hybridized carbons (Fsp3) is 0.409. The second-order valence-electron chi connectivity index (χ2n) is 8.70. The molecule has 3 rings (SSSR count). The molecule has 1 aromatic carbocycles. The predicted octanol–water partition coefficient (Wildman–Crippen LogP) is 5.99. The number of carboxylic acids is 1. The highest BCUT2D eigenvalue weighted by Crippen LogP contribution is 3.02. The third kappa shape index (κ3) is 8.08. The summed E-state index contributed by atoms with van der Waals surface area (Å²) in [4.78, 5) is 19.4. The fourth-order valence-corrected chi connectivity index (χ4v) is 3.72. The number of benzene rings is 1. The van der Waals surface area contributed by atoms with Crippen molar-refractivity contribution in [3.63, 3.8) is 0 Å². The van der Waals surface area contributed by atoms with E-state index in [1.165, 1.54) is 0 Å². The van der Waals surface area contributed by atoms with Crippen molar-refractivity contribution in [2.75, 3.05) is 7.11 Å². The van der Waals surface area contributed by atoms with Gasteiger partial charge in [-0.25, -0.2) is 9.48 Å². The number of carbonyl (C=O) groups excluding carboxylic acids is 1. The van der Waals surface area contributed by atoms with E-state index in [0.29, 0.717) is 17.5 Å². The van der Waals surface area contributed by atoms with Crippen LogP contribution in [-0.2, 0) is 11.3 Å². The van der Waals surface area contributed by atoms with Crippen molar-refractivity contribution < 1.29 is 56.8 Å². The molecule has 230 valence electrons. The molecule has 0 unspecified atom stereocenters. The molecule has 2 N–H and O–H groups in total. The number of nitrogens with one attached hydrogen (secondary N) is 1. The van der Waals surface area contributed by atoms with Gasteiger partial charge in [-0.15, -0.1) is 10.2 Å². The van der Waals surface area contributed by atoms with Crippen LogP contribution in [0.25, 0.3) is 5.65 Å². The van der Waals surface area contributed by atoms with Crippen LogP contribution in [0.15, 0.2) is 23.1 Å². The van der Waals surface area contributed by atoms with Crippen molar-refractivity contribution >= 4 is 27.6 Å². The Hall–Kier alpha value is -3.90. The number of nitrogens with zero attached hydrogens (tertiary/aromatic N) is 4. The van der Waals surface area contributed by atoms with Gasteiger partial charge in [-0.3, -0.25) is 10.2 Å². The van der Waals surface area contributed by atoms with E-state index < -0.39 is 50.9 Å². The number of ether oxygens (including phenoxy) is 2. The van der Waals surface area contributed by atoms with Crippen LogP contribution in [0.4, 0.5) is 32.6 Å². The number of hydrogen-bond acceptors (Lipinski definition) is 7. The molecule has 41 heavy (non-hydrogen) atoms. The Balaban J connectivity index is 0.000000745. The average molecular weight is 624 g/mol. The third-order valence-electron chi connectivity index (χ3n) is 5.58. The van der Waals surface area contributed by atoms with Crippen molar-refractivity contribution in [2.24, 2.45) is 0 Å². The lowest BCUT2D eigenvalue weighted by molar-refractivity contribution is -0.192. The molecule has 0 spiro atoms. The molecule has 0 saturated carbocycles. The number of carboxylic acid groups (broad SMARTS) is 1. The number of carbonyl (C=O) groups is 2. The fourth-order valence-electron chi connectivity index (χ4n) is 3.03. The maximum absolute atomic E-state index is 13.3. The first kappa shape index (κ1) is 33.3. The first-order valence-electron chi connectivity index (χ1n) is 11.3. The van der Waals surface area contributed by atoms with Gasteiger partial charge >= 0.3 is 22.4 Å². The van der Waals surface area contributed by atoms with E-state index in [0.717, 1.165) is 22.4 Å². The molecule has 0 radical (unpaired) electrons. The zero-order valence-electron chi connectivity index (χ0n) is 22.0. The lowest BCUT2D eigenvalue weighted by Crippen LogP contribution is -2.27. The molecule has 0 aliphatic rings. The Morgan fingerprint density at radius 3 is 2.10 bits per heavy atom. The summed E-state index contributed by atoms with van der Waals surface area (Å²) in [5, 5.41) is 23.9. The lowest BCUT2D eigenvalue weighted by Gasteiger charge is -2.40. The second kappa shape index (κ2) is 10.5. The maximum Gasteiger partial charge on any atom is 0.490 e. The van der Waals surface area contributed by atoms with Gasteiger partial charge in [-0.1, -0.05) is 26.4 Å². The first-order valence-corrected chi connectivity index (χ1v) is 13.3. The van der Waals surface area contributed by atoms with Crippen molar-refractivity contribution in [3.8, 4) is 11.6 Å². The smallest absolute Gasteiger partial charge is 0.490 e. The molecule has 2 heterocycles. The summed E-state index contributed by atoms with van der Waals surface area (Å²) >= 11 is 0. The number of methoxy groups -OCH3 is 1. The number of hydrogen-bond donors (Lipinski definition) is 2. The molecule has 0 fully saturated rings. The number of halogens is 8. The van der Waals surface area contributed by atoms with E-state index in [4.69, 9.17) is 20.0 Å². The van der Waals surface area contributed by atoms with Crippen LogP contribution in [-0.4, -0.2) is 55.6 Å². The normalized spacial score (nSPS) is 14.4. The van der Waals surface area contributed by atoms with E-state index in [1.54, 1.807) is 13.8 Å². The van der Waals surface area contributed by atoms with Crippen LogP contribution in [0.2, 0.25) is 0 Å². The number of aromatic nitrogens is 4. The van der Waals surface area contributed by atoms with Crippen molar-refractivity contribution in [1.82, 2.24) is 19.4 Å². The van der Waals surface area contributed by atoms with Gasteiger partial charge < -0.3 is 14.6 Å². The Bertz CT molecular complexity index is 1550. The Kier molecular flexibility index (Phi) is 8.53.